The molecule has 0 aliphatic heterocycles. The second kappa shape index (κ2) is 3.50. The molecule has 11 heavy (non-hydrogen) atoms. The highest BCUT2D eigenvalue weighted by Crippen LogP contribution is 1.96. The van der Waals surface area contributed by atoms with Crippen LogP contribution in [-0.4, -0.2) is 32.7 Å². The molecule has 1 rings (SSSR count). The van der Waals surface area contributed by atoms with E-state index in [4.69, 9.17) is 10.2 Å². The smallest absolute Gasteiger partial charge is 0.113 e. The van der Waals surface area contributed by atoms with Crippen molar-refractivity contribution in [1.29, 1.82) is 0 Å². The fourth-order valence-corrected chi connectivity index (χ4v) is 0.788. The predicted octanol–water partition coefficient (Wildman–Crippen LogP) is -0.655. The van der Waals surface area contributed by atoms with E-state index in [0.29, 0.717) is 6.54 Å². The summed E-state index contributed by atoms with van der Waals surface area (Å²) < 4.78 is 1.60. The van der Waals surface area contributed by atoms with Crippen molar-refractivity contribution in [1.82, 2.24) is 9.78 Å². The summed E-state index contributed by atoms with van der Waals surface area (Å²) in [6, 6.07) is 1.73. The van der Waals surface area contributed by atoms with Gasteiger partial charge in [0.1, 0.15) is 6.20 Å². The summed E-state index contributed by atoms with van der Waals surface area (Å²) in [5.74, 6) is 0. The standard InChI is InChI=1S/C7H11N2O2/c1-6-2-3-8-9(6)4-7(11)5-10/h2,7,10-11H,4-5H2,1H3/t7-/m1/s1. The average Bonchev–Trinajstić information content (AvgIpc) is 2.37. The van der Waals surface area contributed by atoms with Gasteiger partial charge in [0, 0.05) is 5.69 Å². The molecule has 0 saturated heterocycles. The quantitative estimate of drug-likeness (QED) is 0.609. The summed E-state index contributed by atoms with van der Waals surface area (Å²) in [4.78, 5) is 0. The third-order valence-corrected chi connectivity index (χ3v) is 1.45. The summed E-state index contributed by atoms with van der Waals surface area (Å²) >= 11 is 0. The Balaban J connectivity index is 2.56. The molecule has 1 radical (unpaired) electrons. The molecule has 1 aromatic heterocycles. The normalized spacial score (nSPS) is 13.4. The molecule has 1 heterocycles. The van der Waals surface area contributed by atoms with Gasteiger partial charge in [-0.3, -0.25) is 4.68 Å². The Labute approximate surface area is 65.1 Å². The molecule has 0 unspecified atom stereocenters. The highest BCUT2D eigenvalue weighted by atomic mass is 16.3. The first-order valence-electron chi connectivity index (χ1n) is 3.43. The van der Waals surface area contributed by atoms with Gasteiger partial charge in [0.05, 0.1) is 19.3 Å². The number of aromatic nitrogens is 2. The van der Waals surface area contributed by atoms with Crippen LogP contribution in [0.25, 0.3) is 0 Å². The van der Waals surface area contributed by atoms with E-state index < -0.39 is 6.10 Å². The first-order valence-corrected chi connectivity index (χ1v) is 3.43. The molecule has 1 aromatic rings. The number of hydrogen-bond acceptors (Lipinski definition) is 3. The van der Waals surface area contributed by atoms with Gasteiger partial charge in [0.2, 0.25) is 0 Å². The van der Waals surface area contributed by atoms with Crippen molar-refractivity contribution in [2.75, 3.05) is 6.61 Å². The molecule has 0 saturated carbocycles. The lowest BCUT2D eigenvalue weighted by Gasteiger charge is -2.07. The van der Waals surface area contributed by atoms with Gasteiger partial charge < -0.3 is 10.2 Å². The largest absolute Gasteiger partial charge is 0.394 e. The Hall–Kier alpha value is -0.870. The molecule has 0 aromatic carbocycles. The monoisotopic (exact) mass is 155 g/mol. The second-order valence-electron chi connectivity index (χ2n) is 2.43. The Kier molecular flexibility index (Phi) is 2.62. The van der Waals surface area contributed by atoms with Gasteiger partial charge >= 0.3 is 0 Å². The molecule has 0 aliphatic carbocycles. The van der Waals surface area contributed by atoms with E-state index in [-0.39, 0.29) is 6.61 Å². The van der Waals surface area contributed by atoms with Crippen molar-refractivity contribution in [2.24, 2.45) is 0 Å². The van der Waals surface area contributed by atoms with Crippen LogP contribution in [0.15, 0.2) is 6.07 Å². The van der Waals surface area contributed by atoms with Gasteiger partial charge in [0.25, 0.3) is 0 Å². The Bertz CT molecular complexity index is 222. The maximum atomic E-state index is 9.03. The topological polar surface area (TPSA) is 58.3 Å². The number of nitrogens with zero attached hydrogens (tertiary/aromatic N) is 2. The molecule has 1 atom stereocenters. The fraction of sp³-hybridized carbons (Fsp3) is 0.571. The number of aliphatic hydroxyl groups excluding tert-OH is 2. The Morgan fingerprint density at radius 2 is 2.55 bits per heavy atom. The zero-order valence-corrected chi connectivity index (χ0v) is 6.36. The average molecular weight is 155 g/mol. The molecule has 0 aliphatic rings. The first-order chi connectivity index (χ1) is 5.24. The van der Waals surface area contributed by atoms with Crippen LogP contribution in [0.2, 0.25) is 0 Å². The van der Waals surface area contributed by atoms with Crippen molar-refractivity contribution in [3.05, 3.63) is 18.0 Å². The SMILES string of the molecule is Cc1c[c]nn1C[C@@H](O)CO. The molecular weight excluding hydrogens is 144 g/mol. The zero-order chi connectivity index (χ0) is 8.27. The minimum atomic E-state index is -0.734. The van der Waals surface area contributed by atoms with Crippen molar-refractivity contribution in [2.45, 2.75) is 19.6 Å². The van der Waals surface area contributed by atoms with E-state index in [1.165, 1.54) is 0 Å². The van der Waals surface area contributed by atoms with Crippen molar-refractivity contribution in [3.8, 4) is 0 Å². The zero-order valence-electron chi connectivity index (χ0n) is 6.36. The van der Waals surface area contributed by atoms with Crippen LogP contribution in [0.3, 0.4) is 0 Å². The van der Waals surface area contributed by atoms with Gasteiger partial charge in [-0.2, -0.15) is 5.10 Å². The van der Waals surface area contributed by atoms with Crippen LogP contribution in [0.5, 0.6) is 0 Å². The van der Waals surface area contributed by atoms with Crippen LogP contribution in [0, 0.1) is 13.1 Å². The van der Waals surface area contributed by atoms with E-state index in [1.54, 1.807) is 10.7 Å². The van der Waals surface area contributed by atoms with E-state index >= 15 is 0 Å². The minimum Gasteiger partial charge on any atom is -0.394 e. The van der Waals surface area contributed by atoms with Crippen LogP contribution in [0.1, 0.15) is 5.69 Å². The highest BCUT2D eigenvalue weighted by Gasteiger charge is 2.04. The fourth-order valence-electron chi connectivity index (χ4n) is 0.788. The maximum absolute atomic E-state index is 9.03. The lowest BCUT2D eigenvalue weighted by molar-refractivity contribution is 0.0777. The summed E-state index contributed by atoms with van der Waals surface area (Å²) in [7, 11) is 0. The van der Waals surface area contributed by atoms with E-state index in [1.807, 2.05) is 6.92 Å². The number of aliphatic hydroxyl groups is 2. The lowest BCUT2D eigenvalue weighted by Crippen LogP contribution is -2.21. The van der Waals surface area contributed by atoms with E-state index in [2.05, 4.69) is 11.3 Å². The molecule has 61 valence electrons. The summed E-state index contributed by atoms with van der Waals surface area (Å²) in [5.41, 5.74) is 0.928. The molecule has 0 fully saturated rings. The van der Waals surface area contributed by atoms with E-state index in [0.717, 1.165) is 5.69 Å². The van der Waals surface area contributed by atoms with Crippen LogP contribution >= 0.6 is 0 Å². The van der Waals surface area contributed by atoms with Gasteiger partial charge in [-0.1, -0.05) is 0 Å². The minimum absolute atomic E-state index is 0.237. The van der Waals surface area contributed by atoms with Gasteiger partial charge in [-0.05, 0) is 13.0 Å². The van der Waals surface area contributed by atoms with Crippen LogP contribution in [-0.2, 0) is 6.54 Å². The van der Waals surface area contributed by atoms with Crippen molar-refractivity contribution in [3.63, 3.8) is 0 Å². The molecule has 4 nitrogen and oxygen atoms in total. The number of aryl methyl sites for hydroxylation is 1. The second-order valence-corrected chi connectivity index (χ2v) is 2.43. The predicted molar refractivity (Wildman–Crippen MR) is 38.9 cm³/mol. The highest BCUT2D eigenvalue weighted by molar-refractivity contribution is 4.95. The molecule has 0 amide bonds. The summed E-state index contributed by atoms with van der Waals surface area (Å²) in [6.45, 7) is 1.96. The third-order valence-electron chi connectivity index (χ3n) is 1.45. The van der Waals surface area contributed by atoms with Crippen molar-refractivity contribution < 1.29 is 10.2 Å². The first kappa shape index (κ1) is 8.23. The molecule has 4 heteroatoms. The van der Waals surface area contributed by atoms with Gasteiger partial charge in [-0.15, -0.1) is 0 Å². The van der Waals surface area contributed by atoms with E-state index in [9.17, 15) is 0 Å². The van der Waals surface area contributed by atoms with Crippen molar-refractivity contribution >= 4 is 0 Å². The van der Waals surface area contributed by atoms with Gasteiger partial charge in [0.15, 0.2) is 0 Å². The van der Waals surface area contributed by atoms with Crippen LogP contribution in [0.4, 0.5) is 0 Å². The number of hydrogen-bond donors (Lipinski definition) is 2. The lowest BCUT2D eigenvalue weighted by atomic mass is 10.4. The Morgan fingerprint density at radius 1 is 1.82 bits per heavy atom. The summed E-state index contributed by atoms with van der Waals surface area (Å²) in [6.07, 6.45) is 1.91. The van der Waals surface area contributed by atoms with Gasteiger partial charge in [-0.25, -0.2) is 0 Å². The third kappa shape index (κ3) is 2.03. The molecular formula is C7H11N2O2. The maximum Gasteiger partial charge on any atom is 0.113 e. The Morgan fingerprint density at radius 3 is 3.00 bits per heavy atom. The molecule has 2 N–H and O–H groups in total. The molecule has 0 bridgehead atoms. The molecule has 0 spiro atoms. The van der Waals surface area contributed by atoms with Crippen LogP contribution < -0.4 is 0 Å². The number of rotatable bonds is 3. The summed E-state index contributed by atoms with van der Waals surface area (Å²) in [5, 5.41) is 21.4.